The maximum absolute atomic E-state index is 13.4. The number of amides is 3. The third-order valence-corrected chi connectivity index (χ3v) is 7.43. The van der Waals surface area contributed by atoms with E-state index >= 15 is 0 Å². The SMILES string of the molecule is CSCCC(N)C(=O)NC(CCC(=O)O)C(=O)N1CCCC1C(=O)NC(Cc1c[nH]c2ccccc12)C(=O)O. The Morgan fingerprint density at radius 3 is 2.56 bits per heavy atom. The molecule has 12 nitrogen and oxygen atoms in total. The Morgan fingerprint density at radius 1 is 1.13 bits per heavy atom. The van der Waals surface area contributed by atoms with E-state index in [2.05, 4.69) is 15.6 Å². The van der Waals surface area contributed by atoms with Crippen LogP contribution >= 0.6 is 11.8 Å². The molecule has 0 spiro atoms. The largest absolute Gasteiger partial charge is 0.481 e. The zero-order valence-corrected chi connectivity index (χ0v) is 22.5. The lowest BCUT2D eigenvalue weighted by Crippen LogP contribution is -2.57. The van der Waals surface area contributed by atoms with E-state index in [1.54, 1.807) is 6.20 Å². The van der Waals surface area contributed by atoms with Crippen LogP contribution in [0.3, 0.4) is 0 Å². The molecule has 2 heterocycles. The molecule has 1 fully saturated rings. The molecule has 3 amide bonds. The van der Waals surface area contributed by atoms with Gasteiger partial charge in [0.25, 0.3) is 0 Å². The number of nitrogens with zero attached hydrogens (tertiary/aromatic N) is 1. The minimum Gasteiger partial charge on any atom is -0.481 e. The number of carboxylic acids is 2. The molecule has 0 bridgehead atoms. The van der Waals surface area contributed by atoms with Gasteiger partial charge in [-0.05, 0) is 49.3 Å². The summed E-state index contributed by atoms with van der Waals surface area (Å²) in [6, 6.07) is 3.20. The van der Waals surface area contributed by atoms with Crippen LogP contribution in [-0.4, -0.2) is 92.5 Å². The van der Waals surface area contributed by atoms with Crippen molar-refractivity contribution in [3.05, 3.63) is 36.0 Å². The molecule has 1 aliphatic heterocycles. The Balaban J connectivity index is 1.71. The highest BCUT2D eigenvalue weighted by atomic mass is 32.2. The molecule has 4 unspecified atom stereocenters. The van der Waals surface area contributed by atoms with Gasteiger partial charge < -0.3 is 36.5 Å². The first-order chi connectivity index (χ1) is 18.6. The number of rotatable bonds is 14. The number of hydrogen-bond donors (Lipinski definition) is 6. The monoisotopic (exact) mass is 561 g/mol. The number of nitrogens with one attached hydrogen (secondary N) is 3. The molecule has 0 radical (unpaired) electrons. The van der Waals surface area contributed by atoms with E-state index in [0.717, 1.165) is 16.5 Å². The van der Waals surface area contributed by atoms with Crippen LogP contribution in [0.1, 0.15) is 37.7 Å². The Kier molecular flexibility index (Phi) is 10.8. The van der Waals surface area contributed by atoms with Gasteiger partial charge in [0.2, 0.25) is 17.7 Å². The molecule has 13 heteroatoms. The maximum Gasteiger partial charge on any atom is 0.326 e. The van der Waals surface area contributed by atoms with E-state index in [1.165, 1.54) is 16.7 Å². The van der Waals surface area contributed by atoms with Crippen LogP contribution in [0.5, 0.6) is 0 Å². The number of nitrogens with two attached hydrogens (primary N) is 1. The minimum atomic E-state index is -1.23. The van der Waals surface area contributed by atoms with Crippen LogP contribution < -0.4 is 16.4 Å². The number of carbonyl (C=O) groups excluding carboxylic acids is 3. The molecule has 1 aliphatic rings. The van der Waals surface area contributed by atoms with Gasteiger partial charge in [0.05, 0.1) is 6.04 Å². The summed E-state index contributed by atoms with van der Waals surface area (Å²) in [5.74, 6) is -3.49. The lowest BCUT2D eigenvalue weighted by atomic mass is 10.0. The van der Waals surface area contributed by atoms with Crippen molar-refractivity contribution in [3.8, 4) is 0 Å². The van der Waals surface area contributed by atoms with E-state index in [-0.39, 0.29) is 25.8 Å². The summed E-state index contributed by atoms with van der Waals surface area (Å²) < 4.78 is 0. The average molecular weight is 562 g/mol. The van der Waals surface area contributed by atoms with Crippen LogP contribution in [0, 0.1) is 0 Å². The first-order valence-electron chi connectivity index (χ1n) is 12.8. The fourth-order valence-electron chi connectivity index (χ4n) is 4.67. The lowest BCUT2D eigenvalue weighted by Gasteiger charge is -2.30. The van der Waals surface area contributed by atoms with Gasteiger partial charge in [-0.25, -0.2) is 4.79 Å². The van der Waals surface area contributed by atoms with Gasteiger partial charge in [0.1, 0.15) is 18.1 Å². The molecule has 212 valence electrons. The van der Waals surface area contributed by atoms with Crippen LogP contribution in [0.2, 0.25) is 0 Å². The fourth-order valence-corrected chi connectivity index (χ4v) is 5.16. The van der Waals surface area contributed by atoms with Crippen molar-refractivity contribution in [1.82, 2.24) is 20.5 Å². The molecular formula is C26H35N5O7S. The summed E-state index contributed by atoms with van der Waals surface area (Å²) in [7, 11) is 0. The normalized spacial score (nSPS) is 17.4. The summed E-state index contributed by atoms with van der Waals surface area (Å²) in [5.41, 5.74) is 7.50. The Morgan fingerprint density at radius 2 is 1.87 bits per heavy atom. The van der Waals surface area contributed by atoms with Crippen molar-refractivity contribution in [2.24, 2.45) is 5.73 Å². The van der Waals surface area contributed by atoms with Crippen LogP contribution in [-0.2, 0) is 30.4 Å². The topological polar surface area (TPSA) is 195 Å². The van der Waals surface area contributed by atoms with Crippen molar-refractivity contribution in [2.75, 3.05) is 18.6 Å². The highest BCUT2D eigenvalue weighted by Gasteiger charge is 2.39. The first-order valence-corrected chi connectivity index (χ1v) is 14.2. The molecule has 1 aromatic carbocycles. The van der Waals surface area contributed by atoms with Crippen molar-refractivity contribution >= 4 is 52.3 Å². The van der Waals surface area contributed by atoms with E-state index in [1.807, 2.05) is 30.5 Å². The smallest absolute Gasteiger partial charge is 0.326 e. The van der Waals surface area contributed by atoms with Gasteiger partial charge in [-0.1, -0.05) is 18.2 Å². The summed E-state index contributed by atoms with van der Waals surface area (Å²) >= 11 is 1.52. The van der Waals surface area contributed by atoms with E-state index in [9.17, 15) is 29.1 Å². The molecule has 7 N–H and O–H groups in total. The van der Waals surface area contributed by atoms with E-state index in [0.29, 0.717) is 25.0 Å². The number of benzene rings is 1. The standard InChI is InChI=1S/C26H35N5O7S/c1-39-12-10-17(27)23(34)29-19(8-9-22(32)33)25(36)31-11-4-7-21(31)24(35)30-20(26(37)38)13-15-14-28-18-6-3-2-5-16(15)18/h2-3,5-6,14,17,19-21,28H,4,7-13,27H2,1H3,(H,29,34)(H,30,35)(H,32,33)(H,37,38). The molecule has 2 aromatic rings. The van der Waals surface area contributed by atoms with Gasteiger partial charge in [-0.15, -0.1) is 0 Å². The number of aromatic nitrogens is 1. The van der Waals surface area contributed by atoms with Crippen molar-refractivity contribution in [3.63, 3.8) is 0 Å². The number of aliphatic carboxylic acids is 2. The second kappa shape index (κ2) is 14.0. The number of aromatic amines is 1. The molecular weight excluding hydrogens is 526 g/mol. The van der Waals surface area contributed by atoms with E-state index in [4.69, 9.17) is 10.8 Å². The van der Waals surface area contributed by atoms with Gasteiger partial charge >= 0.3 is 11.9 Å². The summed E-state index contributed by atoms with van der Waals surface area (Å²) in [6.45, 7) is 0.217. The third-order valence-electron chi connectivity index (χ3n) is 6.78. The summed E-state index contributed by atoms with van der Waals surface area (Å²) in [6.07, 6.45) is 4.27. The average Bonchev–Trinajstić information content (AvgIpc) is 3.56. The number of likely N-dealkylation sites (tertiary alicyclic amines) is 1. The number of carbonyl (C=O) groups is 5. The summed E-state index contributed by atoms with van der Waals surface area (Å²) in [5, 5.41) is 24.9. The Bertz CT molecular complexity index is 1200. The lowest BCUT2D eigenvalue weighted by molar-refractivity contribution is -0.145. The molecule has 3 rings (SSSR count). The Hall–Kier alpha value is -3.58. The molecule has 0 saturated carbocycles. The van der Waals surface area contributed by atoms with Crippen molar-refractivity contribution in [2.45, 2.75) is 62.7 Å². The van der Waals surface area contributed by atoms with Gasteiger partial charge in [0.15, 0.2) is 0 Å². The maximum atomic E-state index is 13.4. The predicted molar refractivity (Wildman–Crippen MR) is 146 cm³/mol. The zero-order chi connectivity index (χ0) is 28.5. The number of carboxylic acid groups (broad SMARTS) is 2. The zero-order valence-electron chi connectivity index (χ0n) is 21.7. The fraction of sp³-hybridized carbons (Fsp3) is 0.500. The first kappa shape index (κ1) is 30.0. The number of H-pyrrole nitrogens is 1. The van der Waals surface area contributed by atoms with Crippen LogP contribution in [0.15, 0.2) is 30.5 Å². The van der Waals surface area contributed by atoms with Gasteiger partial charge in [-0.3, -0.25) is 19.2 Å². The number of thioether (sulfide) groups is 1. The van der Waals surface area contributed by atoms with Crippen LogP contribution in [0.4, 0.5) is 0 Å². The van der Waals surface area contributed by atoms with Gasteiger partial charge in [-0.2, -0.15) is 11.8 Å². The third kappa shape index (κ3) is 7.96. The van der Waals surface area contributed by atoms with E-state index < -0.39 is 53.8 Å². The quantitative estimate of drug-likeness (QED) is 0.192. The molecule has 1 aromatic heterocycles. The predicted octanol–water partition coefficient (Wildman–Crippen LogP) is 0.701. The highest BCUT2D eigenvalue weighted by Crippen LogP contribution is 2.22. The Labute approximate surface area is 230 Å². The molecule has 0 aliphatic carbocycles. The molecule has 4 atom stereocenters. The second-order valence-electron chi connectivity index (χ2n) is 9.53. The number of hydrogen-bond acceptors (Lipinski definition) is 7. The second-order valence-corrected chi connectivity index (χ2v) is 10.5. The number of para-hydroxylation sites is 1. The highest BCUT2D eigenvalue weighted by molar-refractivity contribution is 7.98. The molecule has 1 saturated heterocycles. The van der Waals surface area contributed by atoms with Crippen LogP contribution in [0.25, 0.3) is 10.9 Å². The van der Waals surface area contributed by atoms with Crippen molar-refractivity contribution in [1.29, 1.82) is 0 Å². The summed E-state index contributed by atoms with van der Waals surface area (Å²) in [4.78, 5) is 66.8. The van der Waals surface area contributed by atoms with Gasteiger partial charge in [0, 0.05) is 36.5 Å². The molecule has 39 heavy (non-hydrogen) atoms. The minimum absolute atomic E-state index is 0.0387. The number of fused-ring (bicyclic) bond motifs is 1. The van der Waals surface area contributed by atoms with Crippen molar-refractivity contribution < 1.29 is 34.2 Å².